The fourth-order valence-electron chi connectivity index (χ4n) is 1.54. The van der Waals surface area contributed by atoms with Gasteiger partial charge in [0.25, 0.3) is 5.91 Å². The van der Waals surface area contributed by atoms with Gasteiger partial charge in [-0.3, -0.25) is 4.79 Å². The maximum absolute atomic E-state index is 12.1. The minimum absolute atomic E-state index is 0.0103. The third kappa shape index (κ3) is 2.09. The van der Waals surface area contributed by atoms with E-state index in [2.05, 4.69) is 39.8 Å². The second-order valence-corrected chi connectivity index (χ2v) is 5.09. The quantitative estimate of drug-likeness (QED) is 0.643. The monoisotopic (exact) mass is 329 g/mol. The number of benzene rings is 1. The van der Waals surface area contributed by atoms with Crippen molar-refractivity contribution in [3.63, 3.8) is 0 Å². The molecule has 1 heterocycles. The zero-order chi connectivity index (χ0) is 11.5. The Labute approximate surface area is 107 Å². The summed E-state index contributed by atoms with van der Waals surface area (Å²) >= 11 is 2.16. The van der Waals surface area contributed by atoms with Crippen LogP contribution in [-0.2, 0) is 0 Å². The minimum atomic E-state index is -0.0345. The predicted octanol–water partition coefficient (Wildman–Crippen LogP) is 2.68. The Morgan fingerprint density at radius 3 is 3.00 bits per heavy atom. The number of carbonyl (C=O) groups is 1. The van der Waals surface area contributed by atoms with Crippen LogP contribution >= 0.6 is 22.6 Å². The molecule has 0 aliphatic heterocycles. The molecular weight excluding hydrogens is 317 g/mol. The smallest absolute Gasteiger partial charge is 0.261 e. The van der Waals surface area contributed by atoms with Gasteiger partial charge in [-0.25, -0.2) is 0 Å². The highest BCUT2D eigenvalue weighted by molar-refractivity contribution is 14.1. The lowest BCUT2D eigenvalue weighted by Crippen LogP contribution is -2.22. The number of para-hydroxylation sites is 1. The van der Waals surface area contributed by atoms with Crippen LogP contribution in [0.15, 0.2) is 24.3 Å². The van der Waals surface area contributed by atoms with Crippen molar-refractivity contribution in [1.29, 1.82) is 0 Å². The molecule has 1 aromatic carbocycles. The van der Waals surface area contributed by atoms with Gasteiger partial charge >= 0.3 is 0 Å². The summed E-state index contributed by atoms with van der Waals surface area (Å²) in [6.07, 6.45) is 1.86. The third-order valence-electron chi connectivity index (χ3n) is 2.37. The van der Waals surface area contributed by atoms with Crippen molar-refractivity contribution in [2.24, 2.45) is 0 Å². The van der Waals surface area contributed by atoms with Crippen LogP contribution in [0.4, 0.5) is 0 Å². The molecule has 0 spiro atoms. The molecular formula is C11H12IN3O. The average molecular weight is 329 g/mol. The second-order valence-electron chi connectivity index (χ2n) is 3.58. The summed E-state index contributed by atoms with van der Waals surface area (Å²) in [7, 11) is 0. The molecule has 4 nitrogen and oxygen atoms in total. The van der Waals surface area contributed by atoms with Crippen LogP contribution in [0.1, 0.15) is 24.6 Å². The van der Waals surface area contributed by atoms with Crippen LogP contribution in [0.2, 0.25) is 0 Å². The zero-order valence-corrected chi connectivity index (χ0v) is 11.1. The van der Waals surface area contributed by atoms with Gasteiger partial charge in [-0.05, 0) is 18.6 Å². The molecule has 0 aliphatic carbocycles. The molecule has 0 bridgehead atoms. The molecule has 0 saturated heterocycles. The molecule has 16 heavy (non-hydrogen) atoms. The Hall–Kier alpha value is -0.980. The molecule has 1 aromatic heterocycles. The number of fused-ring (bicyclic) bond motifs is 1. The van der Waals surface area contributed by atoms with Crippen LogP contribution in [0.25, 0.3) is 11.0 Å². The van der Waals surface area contributed by atoms with E-state index in [9.17, 15) is 4.79 Å². The van der Waals surface area contributed by atoms with Crippen molar-refractivity contribution in [2.75, 3.05) is 0 Å². The van der Waals surface area contributed by atoms with Gasteiger partial charge in [0.05, 0.1) is 9.44 Å². The Bertz CT molecular complexity index is 509. The van der Waals surface area contributed by atoms with Crippen LogP contribution in [-0.4, -0.2) is 24.8 Å². The second kappa shape index (κ2) is 4.90. The fourth-order valence-corrected chi connectivity index (χ4v) is 2.43. The van der Waals surface area contributed by atoms with E-state index >= 15 is 0 Å². The van der Waals surface area contributed by atoms with Gasteiger partial charge < -0.3 is 0 Å². The summed E-state index contributed by atoms with van der Waals surface area (Å²) in [6.45, 7) is 2.07. The van der Waals surface area contributed by atoms with E-state index in [0.29, 0.717) is 0 Å². The van der Waals surface area contributed by atoms with Gasteiger partial charge in [0.2, 0.25) is 0 Å². The van der Waals surface area contributed by atoms with E-state index in [-0.39, 0.29) is 9.83 Å². The lowest BCUT2D eigenvalue weighted by Gasteiger charge is -2.06. The van der Waals surface area contributed by atoms with Gasteiger partial charge in [0.15, 0.2) is 0 Å². The number of aromatic nitrogens is 3. The van der Waals surface area contributed by atoms with E-state index in [4.69, 9.17) is 0 Å². The van der Waals surface area contributed by atoms with Crippen molar-refractivity contribution >= 4 is 39.5 Å². The highest BCUT2D eigenvalue weighted by Gasteiger charge is 2.19. The Balaban J connectivity index is 2.36. The summed E-state index contributed by atoms with van der Waals surface area (Å²) in [5.41, 5.74) is 1.54. The van der Waals surface area contributed by atoms with Crippen LogP contribution in [0.5, 0.6) is 0 Å². The maximum atomic E-state index is 12.1. The molecule has 84 valence electrons. The van der Waals surface area contributed by atoms with E-state index in [1.54, 1.807) is 0 Å². The van der Waals surface area contributed by atoms with Gasteiger partial charge in [-0.2, -0.15) is 4.68 Å². The lowest BCUT2D eigenvalue weighted by atomic mass is 10.2. The molecule has 0 fully saturated rings. The Morgan fingerprint density at radius 2 is 2.25 bits per heavy atom. The molecule has 0 N–H and O–H groups in total. The van der Waals surface area contributed by atoms with Crippen LogP contribution in [0.3, 0.4) is 0 Å². The SMILES string of the molecule is CCCC(I)C(=O)n1nnc2ccccc21. The lowest BCUT2D eigenvalue weighted by molar-refractivity contribution is 0.0900. The van der Waals surface area contributed by atoms with Crippen molar-refractivity contribution in [1.82, 2.24) is 15.0 Å². The topological polar surface area (TPSA) is 47.8 Å². The molecule has 5 heteroatoms. The highest BCUT2D eigenvalue weighted by atomic mass is 127. The first-order valence-corrected chi connectivity index (χ1v) is 6.47. The van der Waals surface area contributed by atoms with Crippen molar-refractivity contribution < 1.29 is 4.79 Å². The first-order chi connectivity index (χ1) is 7.74. The van der Waals surface area contributed by atoms with E-state index in [0.717, 1.165) is 23.9 Å². The molecule has 0 aliphatic rings. The van der Waals surface area contributed by atoms with Crippen LogP contribution in [0, 0.1) is 0 Å². The fraction of sp³-hybridized carbons (Fsp3) is 0.364. The Morgan fingerprint density at radius 1 is 1.50 bits per heavy atom. The van der Waals surface area contributed by atoms with Gasteiger partial charge in [-0.1, -0.05) is 53.3 Å². The van der Waals surface area contributed by atoms with E-state index in [1.807, 2.05) is 24.3 Å². The normalized spacial score (nSPS) is 12.9. The number of hydrogen-bond acceptors (Lipinski definition) is 3. The summed E-state index contributed by atoms with van der Waals surface area (Å²) in [6, 6.07) is 7.49. The van der Waals surface area contributed by atoms with E-state index in [1.165, 1.54) is 4.68 Å². The van der Waals surface area contributed by atoms with Gasteiger partial charge in [-0.15, -0.1) is 5.10 Å². The largest absolute Gasteiger partial charge is 0.271 e. The summed E-state index contributed by atoms with van der Waals surface area (Å²) in [4.78, 5) is 12.1. The summed E-state index contributed by atoms with van der Waals surface area (Å²) < 4.78 is 1.37. The number of alkyl halides is 1. The molecule has 0 radical (unpaired) electrons. The number of rotatable bonds is 3. The standard InChI is InChI=1S/C11H12IN3O/c1-2-5-8(12)11(16)15-10-7-4-3-6-9(10)13-14-15/h3-4,6-8H,2,5H2,1H3. The molecule has 2 aromatic rings. The van der Waals surface area contributed by atoms with Gasteiger partial charge in [0.1, 0.15) is 5.52 Å². The first-order valence-electron chi connectivity index (χ1n) is 5.22. The molecule has 0 saturated carbocycles. The summed E-state index contributed by atoms with van der Waals surface area (Å²) in [5.74, 6) is 0.0103. The first kappa shape index (κ1) is 11.5. The van der Waals surface area contributed by atoms with Crippen LogP contribution < -0.4 is 0 Å². The number of nitrogens with zero attached hydrogens (tertiary/aromatic N) is 3. The van der Waals surface area contributed by atoms with Gasteiger partial charge in [0, 0.05) is 0 Å². The molecule has 0 amide bonds. The predicted molar refractivity (Wildman–Crippen MR) is 70.9 cm³/mol. The molecule has 1 unspecified atom stereocenters. The molecule has 1 atom stereocenters. The molecule has 2 rings (SSSR count). The van der Waals surface area contributed by atoms with E-state index < -0.39 is 0 Å². The number of carbonyl (C=O) groups excluding carboxylic acids is 1. The average Bonchev–Trinajstić information content (AvgIpc) is 2.72. The van der Waals surface area contributed by atoms with Crippen molar-refractivity contribution in [3.05, 3.63) is 24.3 Å². The van der Waals surface area contributed by atoms with Crippen molar-refractivity contribution in [3.8, 4) is 0 Å². The third-order valence-corrected chi connectivity index (χ3v) is 3.53. The summed E-state index contributed by atoms with van der Waals surface area (Å²) in [5, 5.41) is 7.88. The Kier molecular flexibility index (Phi) is 3.52. The highest BCUT2D eigenvalue weighted by Crippen LogP contribution is 2.15. The van der Waals surface area contributed by atoms with Crippen molar-refractivity contribution in [2.45, 2.75) is 23.7 Å². The maximum Gasteiger partial charge on any atom is 0.261 e. The number of hydrogen-bond donors (Lipinski definition) is 0. The zero-order valence-electron chi connectivity index (χ0n) is 8.93. The number of halogens is 1. The minimum Gasteiger partial charge on any atom is -0.271 e.